The lowest BCUT2D eigenvalue weighted by molar-refractivity contribution is -0.384. The molecular weight excluding hydrogens is 416 g/mol. The largest absolute Gasteiger partial charge is 0.462 e. The number of carbonyl (C=O) groups is 2. The molecule has 0 aliphatic rings. The zero-order valence-electron chi connectivity index (χ0n) is 17.2. The highest BCUT2D eigenvalue weighted by molar-refractivity contribution is 7.15. The van der Waals surface area contributed by atoms with Crippen LogP contribution in [0.2, 0.25) is 0 Å². The van der Waals surface area contributed by atoms with Crippen molar-refractivity contribution in [2.24, 2.45) is 0 Å². The Kier molecular flexibility index (Phi) is 7.15. The van der Waals surface area contributed by atoms with E-state index in [4.69, 9.17) is 4.74 Å². The van der Waals surface area contributed by atoms with Crippen molar-refractivity contribution in [2.75, 3.05) is 11.9 Å². The molecule has 8 heteroatoms. The molecule has 0 unspecified atom stereocenters. The average molecular weight is 439 g/mol. The highest BCUT2D eigenvalue weighted by Crippen LogP contribution is 2.37. The maximum absolute atomic E-state index is 12.6. The van der Waals surface area contributed by atoms with Gasteiger partial charge in [-0.2, -0.15) is 0 Å². The van der Waals surface area contributed by atoms with Crippen molar-refractivity contribution in [3.63, 3.8) is 0 Å². The second-order valence-corrected chi connectivity index (χ2v) is 7.79. The van der Waals surface area contributed by atoms with Crippen LogP contribution in [-0.2, 0) is 16.0 Å². The number of amides is 1. The van der Waals surface area contributed by atoms with Gasteiger partial charge in [-0.25, -0.2) is 4.79 Å². The number of rotatable bonds is 8. The van der Waals surface area contributed by atoms with Gasteiger partial charge in [-0.05, 0) is 31.4 Å². The normalized spacial score (nSPS) is 10.5. The molecule has 0 saturated carbocycles. The first-order chi connectivity index (χ1) is 14.9. The zero-order valence-corrected chi connectivity index (χ0v) is 18.0. The van der Waals surface area contributed by atoms with Crippen LogP contribution in [0.25, 0.3) is 11.1 Å². The summed E-state index contributed by atoms with van der Waals surface area (Å²) >= 11 is 1.19. The molecule has 160 valence electrons. The van der Waals surface area contributed by atoms with Crippen LogP contribution in [-0.4, -0.2) is 23.4 Å². The molecular formula is C23H22N2O5S. The first-order valence-electron chi connectivity index (χ1n) is 9.78. The minimum atomic E-state index is -0.584. The van der Waals surface area contributed by atoms with Crippen LogP contribution in [0, 0.1) is 17.0 Å². The number of aryl methyl sites for hydroxylation is 2. The number of ether oxygens (including phenoxy) is 1. The standard InChI is InChI=1S/C23H22N2O5S/c1-3-30-23(27)21-19(17-5-4-6-18(13-17)25(28)29)14-31-22(21)24-20(26)12-11-16-9-7-15(2)8-10-16/h4-10,13-14H,3,11-12H2,1-2H3,(H,24,26). The predicted octanol–water partition coefficient (Wildman–Crippen LogP) is 5.38. The summed E-state index contributed by atoms with van der Waals surface area (Å²) in [6.45, 7) is 3.87. The molecule has 0 fully saturated rings. The van der Waals surface area contributed by atoms with Crippen LogP contribution in [0.4, 0.5) is 10.7 Å². The van der Waals surface area contributed by atoms with Crippen molar-refractivity contribution >= 4 is 33.9 Å². The Morgan fingerprint density at radius 3 is 2.58 bits per heavy atom. The van der Waals surface area contributed by atoms with Gasteiger partial charge in [0.1, 0.15) is 10.6 Å². The van der Waals surface area contributed by atoms with E-state index in [1.165, 1.54) is 23.5 Å². The number of thiophene rings is 1. The van der Waals surface area contributed by atoms with E-state index in [1.54, 1.807) is 24.4 Å². The molecule has 0 radical (unpaired) electrons. The van der Waals surface area contributed by atoms with Gasteiger partial charge in [-0.1, -0.05) is 42.0 Å². The van der Waals surface area contributed by atoms with Gasteiger partial charge in [0.2, 0.25) is 5.91 Å². The van der Waals surface area contributed by atoms with Crippen LogP contribution in [0.1, 0.15) is 34.8 Å². The van der Waals surface area contributed by atoms with Crippen LogP contribution in [0.5, 0.6) is 0 Å². The van der Waals surface area contributed by atoms with E-state index in [-0.39, 0.29) is 30.2 Å². The Labute approximate surface area is 183 Å². The highest BCUT2D eigenvalue weighted by Gasteiger charge is 2.23. The smallest absolute Gasteiger partial charge is 0.341 e. The lowest BCUT2D eigenvalue weighted by atomic mass is 10.0. The molecule has 7 nitrogen and oxygen atoms in total. The first kappa shape index (κ1) is 22.2. The molecule has 1 N–H and O–H groups in total. The monoisotopic (exact) mass is 438 g/mol. The number of benzene rings is 2. The molecule has 0 spiro atoms. The summed E-state index contributed by atoms with van der Waals surface area (Å²) in [5.74, 6) is -0.808. The minimum absolute atomic E-state index is 0.0813. The highest BCUT2D eigenvalue weighted by atomic mass is 32.1. The van der Waals surface area contributed by atoms with E-state index in [9.17, 15) is 19.7 Å². The number of hydrogen-bond donors (Lipinski definition) is 1. The summed E-state index contributed by atoms with van der Waals surface area (Å²) in [6.07, 6.45) is 0.833. The molecule has 1 heterocycles. The Morgan fingerprint density at radius 2 is 1.90 bits per heavy atom. The number of esters is 1. The molecule has 3 aromatic rings. The average Bonchev–Trinajstić information content (AvgIpc) is 3.17. The summed E-state index contributed by atoms with van der Waals surface area (Å²) in [5, 5.41) is 16.0. The SMILES string of the molecule is CCOC(=O)c1c(-c2cccc([N+](=O)[O-])c2)csc1NC(=O)CCc1ccc(C)cc1. The van der Waals surface area contributed by atoms with E-state index in [0.29, 0.717) is 22.5 Å². The summed E-state index contributed by atoms with van der Waals surface area (Å²) in [5.41, 5.74) is 3.32. The lowest BCUT2D eigenvalue weighted by Crippen LogP contribution is -2.15. The van der Waals surface area contributed by atoms with Crippen molar-refractivity contribution < 1.29 is 19.2 Å². The molecule has 31 heavy (non-hydrogen) atoms. The molecule has 0 bridgehead atoms. The number of nitro benzene ring substituents is 1. The number of anilines is 1. The van der Waals surface area contributed by atoms with Gasteiger partial charge in [0.25, 0.3) is 5.69 Å². The fourth-order valence-corrected chi connectivity index (χ4v) is 4.03. The fourth-order valence-electron chi connectivity index (χ4n) is 3.06. The minimum Gasteiger partial charge on any atom is -0.462 e. The summed E-state index contributed by atoms with van der Waals surface area (Å²) in [4.78, 5) is 35.8. The van der Waals surface area contributed by atoms with Crippen LogP contribution < -0.4 is 5.32 Å². The number of nitrogens with zero attached hydrogens (tertiary/aromatic N) is 1. The lowest BCUT2D eigenvalue weighted by Gasteiger charge is -2.09. The Morgan fingerprint density at radius 1 is 1.16 bits per heavy atom. The second-order valence-electron chi connectivity index (χ2n) is 6.92. The fraction of sp³-hybridized carbons (Fsp3) is 0.217. The Bertz CT molecular complexity index is 1110. The molecule has 1 aromatic heterocycles. The van der Waals surface area contributed by atoms with Gasteiger partial charge < -0.3 is 10.1 Å². The molecule has 1 amide bonds. The summed E-state index contributed by atoms with van der Waals surface area (Å²) < 4.78 is 5.17. The van der Waals surface area contributed by atoms with Crippen molar-refractivity contribution in [2.45, 2.75) is 26.7 Å². The van der Waals surface area contributed by atoms with Gasteiger partial charge in [0, 0.05) is 29.5 Å². The first-order valence-corrected chi connectivity index (χ1v) is 10.7. The van der Waals surface area contributed by atoms with Crippen molar-refractivity contribution in [3.8, 4) is 11.1 Å². The van der Waals surface area contributed by atoms with Crippen molar-refractivity contribution in [1.29, 1.82) is 0 Å². The van der Waals surface area contributed by atoms with Crippen molar-refractivity contribution in [3.05, 3.63) is 80.7 Å². The van der Waals surface area contributed by atoms with Gasteiger partial charge in [0.15, 0.2) is 0 Å². The van der Waals surface area contributed by atoms with Crippen LogP contribution in [0.15, 0.2) is 53.9 Å². The maximum atomic E-state index is 12.6. The third kappa shape index (κ3) is 5.55. The van der Waals surface area contributed by atoms with E-state index >= 15 is 0 Å². The molecule has 0 aliphatic heterocycles. The number of non-ortho nitro benzene ring substituents is 1. The van der Waals surface area contributed by atoms with E-state index in [2.05, 4.69) is 5.32 Å². The Balaban J connectivity index is 1.83. The zero-order chi connectivity index (χ0) is 22.4. The third-order valence-electron chi connectivity index (χ3n) is 4.65. The molecule has 0 saturated heterocycles. The van der Waals surface area contributed by atoms with Crippen LogP contribution >= 0.6 is 11.3 Å². The number of carbonyl (C=O) groups excluding carboxylic acids is 2. The van der Waals surface area contributed by atoms with Gasteiger partial charge >= 0.3 is 5.97 Å². The maximum Gasteiger partial charge on any atom is 0.341 e. The molecule has 2 aromatic carbocycles. The number of hydrogen-bond acceptors (Lipinski definition) is 6. The molecule has 3 rings (SSSR count). The van der Waals surface area contributed by atoms with Gasteiger partial charge in [-0.3, -0.25) is 14.9 Å². The topological polar surface area (TPSA) is 98.5 Å². The number of nitro groups is 1. The van der Waals surface area contributed by atoms with E-state index in [1.807, 2.05) is 31.2 Å². The Hall–Kier alpha value is -3.52. The van der Waals surface area contributed by atoms with E-state index in [0.717, 1.165) is 11.1 Å². The van der Waals surface area contributed by atoms with Crippen LogP contribution in [0.3, 0.4) is 0 Å². The molecule has 0 atom stereocenters. The van der Waals surface area contributed by atoms with Gasteiger partial charge in [0.05, 0.1) is 11.5 Å². The second kappa shape index (κ2) is 9.99. The third-order valence-corrected chi connectivity index (χ3v) is 5.55. The van der Waals surface area contributed by atoms with Crippen molar-refractivity contribution in [1.82, 2.24) is 0 Å². The number of nitrogens with one attached hydrogen (secondary N) is 1. The molecule has 0 aliphatic carbocycles. The summed E-state index contributed by atoms with van der Waals surface area (Å²) in [6, 6.07) is 14.0. The van der Waals surface area contributed by atoms with Gasteiger partial charge in [-0.15, -0.1) is 11.3 Å². The summed E-state index contributed by atoms with van der Waals surface area (Å²) in [7, 11) is 0. The predicted molar refractivity (Wildman–Crippen MR) is 120 cm³/mol. The quantitative estimate of drug-likeness (QED) is 0.289. The van der Waals surface area contributed by atoms with E-state index < -0.39 is 10.9 Å².